The second kappa shape index (κ2) is 4.28. The lowest BCUT2D eigenvalue weighted by Gasteiger charge is -2.13. The first-order valence-corrected chi connectivity index (χ1v) is 6.07. The van der Waals surface area contributed by atoms with Crippen LogP contribution in [0.25, 0.3) is 11.1 Å². The fraction of sp³-hybridized carbons (Fsp3) is 0.0625. The summed E-state index contributed by atoms with van der Waals surface area (Å²) in [5, 5.41) is 7.96. The monoisotopic (exact) mass is 249 g/mol. The molecule has 0 fully saturated rings. The highest BCUT2D eigenvalue weighted by molar-refractivity contribution is 6.24. The predicted molar refractivity (Wildman–Crippen MR) is 73.4 cm³/mol. The third kappa shape index (κ3) is 1.89. The number of hydrogen-bond acceptors (Lipinski definition) is 2. The molecule has 19 heavy (non-hydrogen) atoms. The van der Waals surface area contributed by atoms with E-state index in [0.29, 0.717) is 16.8 Å². The van der Waals surface area contributed by atoms with Crippen LogP contribution in [0.2, 0.25) is 0 Å². The normalized spacial score (nSPS) is 13.5. The van der Waals surface area contributed by atoms with Crippen LogP contribution in [0.4, 0.5) is 0 Å². The standard InChI is InChI=1S/C16H13N2O/c1-18-9-12(11-5-3-2-4-6-11)16-13(10-18)14(17)7-8-15(16)19/h2-10,17H,1H3/q+1. The topological polar surface area (TPSA) is 44.8 Å². The molecule has 0 bridgehead atoms. The number of carbonyl (C=O) groups is 1. The zero-order valence-electron chi connectivity index (χ0n) is 10.6. The Kier molecular flexibility index (Phi) is 2.60. The van der Waals surface area contributed by atoms with E-state index in [9.17, 15) is 4.79 Å². The maximum absolute atomic E-state index is 12.1. The smallest absolute Gasteiger partial charge is 0.187 e. The Hall–Kier alpha value is -2.55. The van der Waals surface area contributed by atoms with Gasteiger partial charge in [0.05, 0.1) is 22.4 Å². The molecule has 1 aromatic carbocycles. The SMILES string of the molecule is C[n+]1cc2c(c(-c3ccccc3)c1)C(=O)C=CC2=N. The second-order valence-electron chi connectivity index (χ2n) is 4.60. The average Bonchev–Trinajstić information content (AvgIpc) is 2.43. The number of hydrogen-bond donors (Lipinski definition) is 1. The van der Waals surface area contributed by atoms with Crippen molar-refractivity contribution >= 4 is 11.5 Å². The van der Waals surface area contributed by atoms with Gasteiger partial charge in [-0.2, -0.15) is 0 Å². The molecule has 0 saturated carbocycles. The molecular weight excluding hydrogens is 236 g/mol. The van der Waals surface area contributed by atoms with Crippen LogP contribution in [0, 0.1) is 5.41 Å². The van der Waals surface area contributed by atoms with Crippen LogP contribution in [-0.2, 0) is 7.05 Å². The highest BCUT2D eigenvalue weighted by Gasteiger charge is 2.25. The van der Waals surface area contributed by atoms with Crippen LogP contribution in [0.5, 0.6) is 0 Å². The zero-order valence-corrected chi connectivity index (χ0v) is 10.6. The molecule has 1 aliphatic rings. The predicted octanol–water partition coefficient (Wildman–Crippen LogP) is 2.30. The molecule has 0 unspecified atom stereocenters. The fourth-order valence-corrected chi connectivity index (χ4v) is 2.36. The summed E-state index contributed by atoms with van der Waals surface area (Å²) in [6.07, 6.45) is 6.78. The number of benzene rings is 1. The van der Waals surface area contributed by atoms with Gasteiger partial charge in [0, 0.05) is 0 Å². The van der Waals surface area contributed by atoms with Gasteiger partial charge in [-0.3, -0.25) is 4.79 Å². The number of aromatic nitrogens is 1. The van der Waals surface area contributed by atoms with Crippen molar-refractivity contribution in [3.05, 3.63) is 66.0 Å². The minimum absolute atomic E-state index is 0.0366. The van der Waals surface area contributed by atoms with Crippen molar-refractivity contribution in [3.63, 3.8) is 0 Å². The summed E-state index contributed by atoms with van der Waals surface area (Å²) < 4.78 is 1.89. The highest BCUT2D eigenvalue weighted by atomic mass is 16.1. The summed E-state index contributed by atoms with van der Waals surface area (Å²) in [5.41, 5.74) is 3.56. The number of ketones is 1. The van der Waals surface area contributed by atoms with Crippen molar-refractivity contribution in [3.8, 4) is 11.1 Å². The molecule has 92 valence electrons. The van der Waals surface area contributed by atoms with E-state index >= 15 is 0 Å². The Morgan fingerprint density at radius 1 is 1.00 bits per heavy atom. The molecule has 0 atom stereocenters. The van der Waals surface area contributed by atoms with Crippen LogP contribution in [-0.4, -0.2) is 11.5 Å². The number of pyridine rings is 1. The van der Waals surface area contributed by atoms with E-state index < -0.39 is 0 Å². The Morgan fingerprint density at radius 3 is 2.42 bits per heavy atom. The number of carbonyl (C=O) groups excluding carboxylic acids is 1. The number of fused-ring (bicyclic) bond motifs is 1. The van der Waals surface area contributed by atoms with Crippen molar-refractivity contribution in [2.24, 2.45) is 7.05 Å². The Balaban J connectivity index is 2.33. The molecule has 1 aliphatic carbocycles. The summed E-state index contributed by atoms with van der Waals surface area (Å²) in [6.45, 7) is 0. The molecular formula is C16H13N2O+. The van der Waals surface area contributed by atoms with Gasteiger partial charge in [0.1, 0.15) is 7.05 Å². The van der Waals surface area contributed by atoms with Crippen molar-refractivity contribution in [2.45, 2.75) is 0 Å². The fourth-order valence-electron chi connectivity index (χ4n) is 2.36. The summed E-state index contributed by atoms with van der Waals surface area (Å²) in [7, 11) is 1.91. The molecule has 0 amide bonds. The molecule has 2 aromatic rings. The molecule has 3 nitrogen and oxygen atoms in total. The van der Waals surface area contributed by atoms with Crippen LogP contribution in [0.1, 0.15) is 15.9 Å². The first-order chi connectivity index (χ1) is 9.16. The number of allylic oxidation sites excluding steroid dienone is 2. The van der Waals surface area contributed by atoms with Gasteiger partial charge in [0.2, 0.25) is 0 Å². The Labute approximate surface area is 111 Å². The van der Waals surface area contributed by atoms with Crippen molar-refractivity contribution in [2.75, 3.05) is 0 Å². The third-order valence-corrected chi connectivity index (χ3v) is 3.23. The zero-order chi connectivity index (χ0) is 13.4. The van der Waals surface area contributed by atoms with Crippen LogP contribution >= 0.6 is 0 Å². The van der Waals surface area contributed by atoms with E-state index in [0.717, 1.165) is 11.1 Å². The van der Waals surface area contributed by atoms with E-state index in [2.05, 4.69) is 0 Å². The summed E-state index contributed by atoms with van der Waals surface area (Å²) in [5.74, 6) is -0.0366. The number of nitrogens with one attached hydrogen (secondary N) is 1. The van der Waals surface area contributed by atoms with Crippen molar-refractivity contribution in [1.82, 2.24) is 0 Å². The maximum Gasteiger partial charge on any atom is 0.187 e. The van der Waals surface area contributed by atoms with Gasteiger partial charge in [0.25, 0.3) is 0 Å². The second-order valence-corrected chi connectivity index (χ2v) is 4.60. The van der Waals surface area contributed by atoms with Gasteiger partial charge in [-0.15, -0.1) is 0 Å². The summed E-state index contributed by atoms with van der Waals surface area (Å²) in [4.78, 5) is 12.1. The number of rotatable bonds is 1. The molecule has 1 N–H and O–H groups in total. The lowest BCUT2D eigenvalue weighted by atomic mass is 9.89. The Bertz CT molecular complexity index is 715. The van der Waals surface area contributed by atoms with Crippen LogP contribution in [0.15, 0.2) is 54.9 Å². The van der Waals surface area contributed by atoms with E-state index in [1.54, 1.807) is 6.08 Å². The number of aryl methyl sites for hydroxylation is 1. The lowest BCUT2D eigenvalue weighted by molar-refractivity contribution is -0.671. The molecule has 0 aliphatic heterocycles. The van der Waals surface area contributed by atoms with Gasteiger partial charge in [0.15, 0.2) is 18.2 Å². The largest absolute Gasteiger partial charge is 0.300 e. The van der Waals surface area contributed by atoms with Gasteiger partial charge in [-0.1, -0.05) is 30.3 Å². The van der Waals surface area contributed by atoms with E-state index in [1.807, 2.05) is 54.3 Å². The van der Waals surface area contributed by atoms with Crippen LogP contribution in [0.3, 0.4) is 0 Å². The Morgan fingerprint density at radius 2 is 1.68 bits per heavy atom. The summed E-state index contributed by atoms with van der Waals surface area (Å²) >= 11 is 0. The minimum atomic E-state index is -0.0366. The van der Waals surface area contributed by atoms with Crippen molar-refractivity contribution in [1.29, 1.82) is 5.41 Å². The first-order valence-electron chi connectivity index (χ1n) is 6.07. The van der Waals surface area contributed by atoms with Crippen LogP contribution < -0.4 is 4.57 Å². The molecule has 0 radical (unpaired) electrons. The van der Waals surface area contributed by atoms with E-state index in [1.165, 1.54) is 6.08 Å². The van der Waals surface area contributed by atoms with Crippen molar-refractivity contribution < 1.29 is 9.36 Å². The lowest BCUT2D eigenvalue weighted by Crippen LogP contribution is -2.31. The van der Waals surface area contributed by atoms with Gasteiger partial charge >= 0.3 is 0 Å². The third-order valence-electron chi connectivity index (χ3n) is 3.23. The van der Waals surface area contributed by atoms with Gasteiger partial charge in [-0.05, 0) is 17.7 Å². The first kappa shape index (κ1) is 11.5. The molecule has 1 aromatic heterocycles. The van der Waals surface area contributed by atoms with E-state index in [4.69, 9.17) is 5.41 Å². The minimum Gasteiger partial charge on any atom is -0.300 e. The van der Waals surface area contributed by atoms with Gasteiger partial charge < -0.3 is 5.41 Å². The maximum atomic E-state index is 12.1. The molecule has 3 heteroatoms. The summed E-state index contributed by atoms with van der Waals surface area (Å²) in [6, 6.07) is 9.80. The molecule has 1 heterocycles. The van der Waals surface area contributed by atoms with E-state index in [-0.39, 0.29) is 5.78 Å². The average molecular weight is 249 g/mol. The molecule has 0 saturated heterocycles. The highest BCUT2D eigenvalue weighted by Crippen LogP contribution is 2.27. The van der Waals surface area contributed by atoms with Gasteiger partial charge in [-0.25, -0.2) is 4.57 Å². The molecule has 0 spiro atoms. The molecule has 3 rings (SSSR count). The quantitative estimate of drug-likeness (QED) is 0.774. The number of nitrogens with zero attached hydrogens (tertiary/aromatic N) is 1.